The molecule has 1 aliphatic heterocycles. The Morgan fingerprint density at radius 2 is 2.32 bits per heavy atom. The number of hydrogen-bond acceptors (Lipinski definition) is 4. The van der Waals surface area contributed by atoms with Gasteiger partial charge in [-0.3, -0.25) is 4.90 Å². The number of aliphatic hydroxyl groups excluding tert-OH is 1. The second-order valence-electron chi connectivity index (χ2n) is 5.97. The van der Waals surface area contributed by atoms with Gasteiger partial charge in [0.25, 0.3) is 0 Å². The molecule has 22 heavy (non-hydrogen) atoms. The van der Waals surface area contributed by atoms with Crippen LogP contribution < -0.4 is 0 Å². The van der Waals surface area contributed by atoms with E-state index in [0.29, 0.717) is 29.7 Å². The normalized spacial score (nSPS) is 22.9. The lowest BCUT2D eigenvalue weighted by Gasteiger charge is -2.38. The Hall–Kier alpha value is -1.72. The average molecular weight is 304 g/mol. The van der Waals surface area contributed by atoms with E-state index >= 15 is 0 Å². The highest BCUT2D eigenvalue weighted by atomic mass is 19.1. The second-order valence-corrected chi connectivity index (χ2v) is 5.97. The Morgan fingerprint density at radius 1 is 1.45 bits per heavy atom. The molecule has 0 amide bonds. The summed E-state index contributed by atoms with van der Waals surface area (Å²) in [5.41, 5.74) is 0.685. The summed E-state index contributed by atoms with van der Waals surface area (Å²) in [5.74, 6) is 1.35. The number of halogens is 1. The summed E-state index contributed by atoms with van der Waals surface area (Å²) in [6.07, 6.45) is 3.89. The molecule has 0 spiro atoms. The molecular weight excluding hydrogens is 283 g/mol. The first-order chi connectivity index (χ1) is 10.7. The quantitative estimate of drug-likeness (QED) is 0.943. The fourth-order valence-electron chi connectivity index (χ4n) is 3.16. The molecule has 1 N–H and O–H groups in total. The minimum absolute atomic E-state index is 0.151. The summed E-state index contributed by atoms with van der Waals surface area (Å²) in [7, 11) is 0. The molecule has 2 atom stereocenters. The van der Waals surface area contributed by atoms with Crippen LogP contribution in [0.15, 0.2) is 34.9 Å². The van der Waals surface area contributed by atoms with Crippen molar-refractivity contribution in [1.29, 1.82) is 0 Å². The van der Waals surface area contributed by atoms with Gasteiger partial charge in [0.05, 0.1) is 19.3 Å². The summed E-state index contributed by atoms with van der Waals surface area (Å²) in [4.78, 5) is 6.52. The number of hydrogen-bond donors (Lipinski definition) is 1. The van der Waals surface area contributed by atoms with Gasteiger partial charge < -0.3 is 9.52 Å². The number of aliphatic hydroxyl groups is 1. The number of oxazole rings is 1. The monoisotopic (exact) mass is 304 g/mol. The summed E-state index contributed by atoms with van der Waals surface area (Å²) in [5, 5.41) is 9.59. The van der Waals surface area contributed by atoms with Crippen molar-refractivity contribution in [3.05, 3.63) is 42.2 Å². The SMILES string of the molecule is CC1CCCN(Cc2ncc(-c3cccc(F)c3)o2)C1CO. The van der Waals surface area contributed by atoms with Gasteiger partial charge in [-0.2, -0.15) is 0 Å². The van der Waals surface area contributed by atoms with E-state index in [-0.39, 0.29) is 18.5 Å². The lowest BCUT2D eigenvalue weighted by atomic mass is 9.91. The molecular formula is C17H21FN2O2. The van der Waals surface area contributed by atoms with Gasteiger partial charge in [-0.15, -0.1) is 0 Å². The number of piperidine rings is 1. The third-order valence-corrected chi connectivity index (χ3v) is 4.42. The number of aromatic nitrogens is 1. The first-order valence-corrected chi connectivity index (χ1v) is 7.73. The third kappa shape index (κ3) is 3.20. The van der Waals surface area contributed by atoms with Crippen LogP contribution >= 0.6 is 0 Å². The van der Waals surface area contributed by atoms with Crippen LogP contribution in [0.4, 0.5) is 4.39 Å². The van der Waals surface area contributed by atoms with Crippen molar-refractivity contribution in [3.63, 3.8) is 0 Å². The molecule has 1 aromatic heterocycles. The standard InChI is InChI=1S/C17H21FN2O2/c1-12-4-3-7-20(15(12)11-21)10-17-19-9-16(22-17)13-5-2-6-14(18)8-13/h2,5-6,8-9,12,15,21H,3-4,7,10-11H2,1H3. The first kappa shape index (κ1) is 15.2. The van der Waals surface area contributed by atoms with Gasteiger partial charge >= 0.3 is 0 Å². The van der Waals surface area contributed by atoms with Crippen molar-refractivity contribution < 1.29 is 13.9 Å². The van der Waals surface area contributed by atoms with Gasteiger partial charge in [-0.25, -0.2) is 9.37 Å². The van der Waals surface area contributed by atoms with Crippen LogP contribution in [0.2, 0.25) is 0 Å². The maximum Gasteiger partial charge on any atom is 0.209 e. The van der Waals surface area contributed by atoms with Gasteiger partial charge in [-0.1, -0.05) is 19.1 Å². The van der Waals surface area contributed by atoms with E-state index in [1.165, 1.54) is 12.1 Å². The van der Waals surface area contributed by atoms with Gasteiger partial charge in [0.1, 0.15) is 5.82 Å². The molecule has 3 rings (SSSR count). The Bertz CT molecular complexity index is 629. The largest absolute Gasteiger partial charge is 0.439 e. The molecule has 2 aromatic rings. The maximum atomic E-state index is 13.3. The van der Waals surface area contributed by atoms with Gasteiger partial charge in [-0.05, 0) is 37.4 Å². The summed E-state index contributed by atoms with van der Waals surface area (Å²) >= 11 is 0. The molecule has 1 fully saturated rings. The topological polar surface area (TPSA) is 49.5 Å². The number of benzene rings is 1. The fraction of sp³-hybridized carbons (Fsp3) is 0.471. The highest BCUT2D eigenvalue weighted by Gasteiger charge is 2.28. The van der Waals surface area contributed by atoms with Gasteiger partial charge in [0.2, 0.25) is 5.89 Å². The van der Waals surface area contributed by atoms with Crippen LogP contribution in [0.1, 0.15) is 25.7 Å². The van der Waals surface area contributed by atoms with Gasteiger partial charge in [0, 0.05) is 11.6 Å². The van der Waals surface area contributed by atoms with E-state index in [2.05, 4.69) is 16.8 Å². The molecule has 0 aliphatic carbocycles. The molecule has 2 unspecified atom stereocenters. The summed E-state index contributed by atoms with van der Waals surface area (Å²) in [6, 6.07) is 6.44. The van der Waals surface area contributed by atoms with Crippen molar-refractivity contribution in [2.24, 2.45) is 5.92 Å². The van der Waals surface area contributed by atoms with Crippen molar-refractivity contribution >= 4 is 0 Å². The predicted octanol–water partition coefficient (Wildman–Crippen LogP) is 3.07. The van der Waals surface area contributed by atoms with Crippen LogP contribution in [0.25, 0.3) is 11.3 Å². The van der Waals surface area contributed by atoms with Crippen LogP contribution in [-0.2, 0) is 6.54 Å². The molecule has 0 saturated carbocycles. The molecule has 5 heteroatoms. The summed E-state index contributed by atoms with van der Waals surface area (Å²) in [6.45, 7) is 3.83. The molecule has 1 saturated heterocycles. The molecule has 4 nitrogen and oxygen atoms in total. The lowest BCUT2D eigenvalue weighted by Crippen LogP contribution is -2.46. The number of rotatable bonds is 4. The molecule has 0 radical (unpaired) electrons. The van der Waals surface area contributed by atoms with Crippen molar-refractivity contribution in [2.45, 2.75) is 32.4 Å². The number of likely N-dealkylation sites (tertiary alicyclic amines) is 1. The summed E-state index contributed by atoms with van der Waals surface area (Å²) < 4.78 is 19.0. The Labute approximate surface area is 129 Å². The third-order valence-electron chi connectivity index (χ3n) is 4.42. The molecule has 1 aliphatic rings. The Balaban J connectivity index is 1.74. The zero-order valence-electron chi connectivity index (χ0n) is 12.7. The van der Waals surface area contributed by atoms with Crippen molar-refractivity contribution in [1.82, 2.24) is 9.88 Å². The minimum atomic E-state index is -0.291. The van der Waals surface area contributed by atoms with E-state index in [1.54, 1.807) is 18.3 Å². The Morgan fingerprint density at radius 3 is 3.09 bits per heavy atom. The zero-order chi connectivity index (χ0) is 15.5. The predicted molar refractivity (Wildman–Crippen MR) is 81.6 cm³/mol. The highest BCUT2D eigenvalue weighted by molar-refractivity contribution is 5.56. The van der Waals surface area contributed by atoms with E-state index in [9.17, 15) is 9.50 Å². The van der Waals surface area contributed by atoms with E-state index in [1.807, 2.05) is 0 Å². The van der Waals surface area contributed by atoms with Crippen molar-refractivity contribution in [3.8, 4) is 11.3 Å². The minimum Gasteiger partial charge on any atom is -0.439 e. The smallest absolute Gasteiger partial charge is 0.209 e. The molecule has 1 aromatic carbocycles. The van der Waals surface area contributed by atoms with Crippen molar-refractivity contribution in [2.75, 3.05) is 13.2 Å². The van der Waals surface area contributed by atoms with E-state index in [0.717, 1.165) is 19.4 Å². The fourth-order valence-corrected chi connectivity index (χ4v) is 3.16. The van der Waals surface area contributed by atoms with E-state index in [4.69, 9.17) is 4.42 Å². The van der Waals surface area contributed by atoms with Crippen LogP contribution in [-0.4, -0.2) is 34.2 Å². The maximum absolute atomic E-state index is 13.3. The second kappa shape index (κ2) is 6.58. The molecule has 118 valence electrons. The highest BCUT2D eigenvalue weighted by Crippen LogP contribution is 2.26. The zero-order valence-corrected chi connectivity index (χ0v) is 12.7. The van der Waals surface area contributed by atoms with Crippen LogP contribution in [0.3, 0.4) is 0 Å². The Kier molecular flexibility index (Phi) is 4.55. The number of nitrogens with zero attached hydrogens (tertiary/aromatic N) is 2. The lowest BCUT2D eigenvalue weighted by molar-refractivity contribution is 0.0415. The van der Waals surface area contributed by atoms with Crippen LogP contribution in [0, 0.1) is 11.7 Å². The molecule has 0 bridgehead atoms. The molecule has 2 heterocycles. The average Bonchev–Trinajstić information content (AvgIpc) is 2.96. The van der Waals surface area contributed by atoms with E-state index < -0.39 is 0 Å². The van der Waals surface area contributed by atoms with Crippen LogP contribution in [0.5, 0.6) is 0 Å². The van der Waals surface area contributed by atoms with Gasteiger partial charge in [0.15, 0.2) is 5.76 Å². The first-order valence-electron chi connectivity index (χ1n) is 7.73.